The molecule has 0 radical (unpaired) electrons. The molecule has 3 aromatic rings. The Hall–Kier alpha value is -5.77. The molecule has 0 spiro atoms. The average Bonchev–Trinajstić information content (AvgIpc) is 1.34. The lowest BCUT2D eigenvalue weighted by Crippen LogP contribution is -2.58. The number of carbonyl (C=O) groups is 6. The number of nitrogens with one attached hydrogen (secondary N) is 2. The van der Waals surface area contributed by atoms with Crippen molar-refractivity contribution in [1.29, 1.82) is 0 Å². The number of ether oxygens (including phenoxy) is 1. The van der Waals surface area contributed by atoms with Crippen LogP contribution in [0.2, 0.25) is 0 Å². The maximum absolute atomic E-state index is 13.9. The summed E-state index contributed by atoms with van der Waals surface area (Å²) in [4.78, 5) is 89.6. The molecule has 2 heterocycles. The minimum Gasteiger partial charge on any atom is -0.507 e. The quantitative estimate of drug-likeness (QED) is 0.0277. The predicted molar refractivity (Wildman–Crippen MR) is 334 cm³/mol. The number of rotatable bonds is 26. The summed E-state index contributed by atoms with van der Waals surface area (Å²) in [5.74, 6) is -0.244. The highest BCUT2D eigenvalue weighted by Crippen LogP contribution is 2.68. The Balaban J connectivity index is 0.771. The van der Waals surface area contributed by atoms with Crippen molar-refractivity contribution < 1.29 is 64.1 Å². The molecule has 12 atom stereocenters. The summed E-state index contributed by atoms with van der Waals surface area (Å²) < 4.78 is 6.61. The molecule has 472 valence electrons. The molecule has 4 fully saturated rings. The van der Waals surface area contributed by atoms with Gasteiger partial charge in [0, 0.05) is 91.3 Å². The van der Waals surface area contributed by atoms with E-state index < -0.39 is 35.5 Å². The number of aromatic nitrogens is 1. The van der Waals surface area contributed by atoms with Crippen molar-refractivity contribution in [3.63, 3.8) is 0 Å². The second kappa shape index (κ2) is 27.7. The highest BCUT2D eigenvalue weighted by Gasteiger charge is 2.63. The Morgan fingerprint density at radius 3 is 2.31 bits per heavy atom. The number of unbranched alkanes of at least 4 members (excludes halogenated alkanes) is 3. The third kappa shape index (κ3) is 14.7. The third-order valence-corrected chi connectivity index (χ3v) is 22.9. The molecule has 1 aliphatic heterocycles. The average molecular weight is 1230 g/mol. The smallest absolute Gasteiger partial charge is 0.415 e. The number of aromatic hydroxyl groups is 2. The van der Waals surface area contributed by atoms with Gasteiger partial charge < -0.3 is 55.8 Å². The number of aliphatic hydroxyl groups is 2. The zero-order valence-corrected chi connectivity index (χ0v) is 53.0. The van der Waals surface area contributed by atoms with E-state index in [1.165, 1.54) is 32.9 Å². The number of carboxylic acids is 2. The molecule has 5 aliphatic rings. The van der Waals surface area contributed by atoms with Gasteiger partial charge in [-0.05, 0) is 155 Å². The maximum Gasteiger partial charge on any atom is 0.415 e. The number of aliphatic hydroxyl groups excluding tert-OH is 2. The highest BCUT2D eigenvalue weighted by atomic mass is 32.2. The Labute approximate surface area is 513 Å². The minimum atomic E-state index is -1.09. The lowest BCUT2D eigenvalue weighted by molar-refractivity contribution is -0.174. The molecule has 4 saturated carbocycles. The fraction of sp³-hybridized carbons (Fsp3) is 0.662. The molecule has 1 aromatic heterocycles. The lowest BCUT2D eigenvalue weighted by atomic mass is 9.43. The van der Waals surface area contributed by atoms with Gasteiger partial charge in [-0.3, -0.25) is 19.4 Å². The highest BCUT2D eigenvalue weighted by molar-refractivity contribution is 8.15. The van der Waals surface area contributed by atoms with Gasteiger partial charge in [0.25, 0.3) is 0 Å². The van der Waals surface area contributed by atoms with E-state index in [9.17, 15) is 59.4 Å². The first-order valence-corrected chi connectivity index (χ1v) is 32.9. The second-order valence-electron chi connectivity index (χ2n) is 26.7. The van der Waals surface area contributed by atoms with Crippen LogP contribution < -0.4 is 25.8 Å². The number of thiazole rings is 1. The maximum atomic E-state index is 13.9. The van der Waals surface area contributed by atoms with Crippen molar-refractivity contribution in [2.45, 2.75) is 187 Å². The molecule has 19 nitrogen and oxygen atoms in total. The Bertz CT molecular complexity index is 3150. The normalized spacial score (nSPS) is 26.8. The van der Waals surface area contributed by atoms with E-state index in [1.807, 2.05) is 0 Å². The van der Waals surface area contributed by atoms with Crippen LogP contribution in [0.25, 0.3) is 23.4 Å². The van der Waals surface area contributed by atoms with E-state index in [1.54, 1.807) is 46.0 Å². The summed E-state index contributed by atoms with van der Waals surface area (Å²) in [5.41, 5.74) is 0.634. The Morgan fingerprint density at radius 1 is 0.860 bits per heavy atom. The van der Waals surface area contributed by atoms with Gasteiger partial charge in [0.15, 0.2) is 6.04 Å². The van der Waals surface area contributed by atoms with E-state index in [2.05, 4.69) is 54.5 Å². The zero-order chi connectivity index (χ0) is 62.6. The number of hydrogen-bond acceptors (Lipinski definition) is 15. The number of amides is 4. The van der Waals surface area contributed by atoms with E-state index in [0.717, 1.165) is 51.4 Å². The SMILES string of the molecule is C=c1c(C)c(O)c(=C)c(C(C)(C)CC(=O)N(C)CCN(CCCCCC(=O)NCCCCC(NC(=O)CC[C@@H](C)C2CC[C@H]3[C@@H]4[C@H](O)C[C@@H]5C[C@H](O)CC[C@]5(C)[C@H]4CC[C@]23C)C(=O)O)C(=O)Oc2ccc3nc(C4=NC(C(=O)O)CS4)sc3c2)c1O. The second-order valence-corrected chi connectivity index (χ2v) is 28.8. The summed E-state index contributed by atoms with van der Waals surface area (Å²) in [6, 6.07) is 3.14. The Kier molecular flexibility index (Phi) is 21.3. The standard InChI is InChI=1S/C65H92N6O13S2/c1-36(43-19-20-44-54-45(24-26-65(43,44)8)64(7)25-23-41(72)31-40(64)32-49(54)73)17-22-52(75)67-47(60(79)80)15-12-13-27-66-51(74)16-11-10-14-28-71(30-29-70(9)53(76)34-63(5,6)55-39(4)56(77)37(2)38(3)57(55)78)62(83)84-42-18-21-46-50(33-42)86-59(68-46)58-69-48(35-85-58)61(81)82/h18,21,33,36,40-41,43-45,47-49,54,72-73,77-78H,3-4,10-17,19-20,22-32,34-35H2,1-2,5-9H3,(H,66,74)(H,67,75)(H,79,80)(H,81,82)/t36-,40+,41-,43?,44+,45+,47?,48?,49-,54+,64+,65-/m1/s1. The van der Waals surface area contributed by atoms with Crippen molar-refractivity contribution >= 4 is 87.3 Å². The van der Waals surface area contributed by atoms with E-state index >= 15 is 0 Å². The van der Waals surface area contributed by atoms with Crippen molar-refractivity contribution in [1.82, 2.24) is 25.4 Å². The number of likely N-dealkylation sites (N-methyl/N-ethyl adjacent to an activating group) is 1. The third-order valence-electron chi connectivity index (χ3n) is 20.7. The molecule has 8 N–H and O–H groups in total. The first kappa shape index (κ1) is 66.2. The molecule has 2 aromatic carbocycles. The predicted octanol–water partition coefficient (Wildman–Crippen LogP) is 8.23. The number of nitrogens with zero attached hydrogens (tertiary/aromatic N) is 4. The van der Waals surface area contributed by atoms with Crippen LogP contribution in [0.4, 0.5) is 4.79 Å². The van der Waals surface area contributed by atoms with Crippen LogP contribution in [0, 0.1) is 53.3 Å². The van der Waals surface area contributed by atoms with Crippen LogP contribution in [0.1, 0.15) is 166 Å². The van der Waals surface area contributed by atoms with Crippen molar-refractivity contribution in [3.8, 4) is 17.2 Å². The first-order chi connectivity index (χ1) is 40.6. The number of hydrogen-bond donors (Lipinski definition) is 8. The number of phenols is 2. The van der Waals surface area contributed by atoms with Gasteiger partial charge in [-0.2, -0.15) is 0 Å². The lowest BCUT2D eigenvalue weighted by Gasteiger charge is -2.62. The molecule has 86 heavy (non-hydrogen) atoms. The van der Waals surface area contributed by atoms with Crippen LogP contribution in [0.3, 0.4) is 0 Å². The molecule has 8 rings (SSSR count). The van der Waals surface area contributed by atoms with Crippen LogP contribution in [0.15, 0.2) is 23.2 Å². The van der Waals surface area contributed by atoms with Gasteiger partial charge in [0.1, 0.15) is 33.3 Å². The zero-order valence-electron chi connectivity index (χ0n) is 51.3. The number of benzene rings is 2. The molecular formula is C65H92N6O13S2. The fourth-order valence-electron chi connectivity index (χ4n) is 15.6. The van der Waals surface area contributed by atoms with Gasteiger partial charge in [0.2, 0.25) is 17.7 Å². The summed E-state index contributed by atoms with van der Waals surface area (Å²) in [6.07, 6.45) is 10.5. The fourth-order valence-corrected chi connectivity index (χ4v) is 17.7. The van der Waals surface area contributed by atoms with Crippen molar-refractivity contribution in [3.05, 3.63) is 44.8 Å². The molecule has 4 amide bonds. The summed E-state index contributed by atoms with van der Waals surface area (Å²) in [6.45, 7) is 21.0. The number of phenolic OH excluding ortho intramolecular Hbond substituents is 2. The van der Waals surface area contributed by atoms with Gasteiger partial charge in [0.05, 0.1) is 22.4 Å². The molecule has 0 bridgehead atoms. The molecule has 0 saturated heterocycles. The van der Waals surface area contributed by atoms with E-state index in [4.69, 9.17) is 4.74 Å². The van der Waals surface area contributed by atoms with E-state index in [-0.39, 0.29) is 126 Å². The van der Waals surface area contributed by atoms with Crippen LogP contribution >= 0.6 is 23.1 Å². The van der Waals surface area contributed by atoms with Gasteiger partial charge in [-0.15, -0.1) is 23.1 Å². The van der Waals surface area contributed by atoms with Crippen molar-refractivity contribution in [2.75, 3.05) is 39.0 Å². The molecule has 21 heteroatoms. The van der Waals surface area contributed by atoms with Gasteiger partial charge in [-0.25, -0.2) is 19.4 Å². The largest absolute Gasteiger partial charge is 0.507 e. The van der Waals surface area contributed by atoms with Crippen LogP contribution in [-0.4, -0.2) is 149 Å². The molecular weight excluding hydrogens is 1140 g/mol. The first-order valence-electron chi connectivity index (χ1n) is 31.1. The number of carbonyl (C=O) groups excluding carboxylic acids is 4. The molecule has 4 aliphatic carbocycles. The van der Waals surface area contributed by atoms with Crippen LogP contribution in [0.5, 0.6) is 17.2 Å². The number of carboxylic acid groups (broad SMARTS) is 2. The minimum absolute atomic E-state index is 0.0569. The summed E-state index contributed by atoms with van der Waals surface area (Å²) in [7, 11) is 1.62. The molecule has 3 unspecified atom stereocenters. The summed E-state index contributed by atoms with van der Waals surface area (Å²) >= 11 is 2.63. The number of fused-ring (bicyclic) bond motifs is 6. The summed E-state index contributed by atoms with van der Waals surface area (Å²) in [5, 5.41) is 70.6. The number of thioether (sulfide) groups is 1. The number of aliphatic imine (C=N–C) groups is 1. The number of aliphatic carboxylic acids is 2. The van der Waals surface area contributed by atoms with Gasteiger partial charge in [-0.1, -0.05) is 54.2 Å². The van der Waals surface area contributed by atoms with Crippen molar-refractivity contribution in [2.24, 2.45) is 51.3 Å². The monoisotopic (exact) mass is 1230 g/mol. The van der Waals surface area contributed by atoms with Crippen LogP contribution in [-0.2, 0) is 29.4 Å². The topological polar surface area (TPSA) is 289 Å². The van der Waals surface area contributed by atoms with Gasteiger partial charge >= 0.3 is 18.0 Å². The van der Waals surface area contributed by atoms with E-state index in [0.29, 0.717) is 106 Å². The Morgan fingerprint density at radius 2 is 1.59 bits per heavy atom.